The fourth-order valence-corrected chi connectivity index (χ4v) is 4.33. The van der Waals surface area contributed by atoms with E-state index in [1.807, 2.05) is 12.1 Å². The quantitative estimate of drug-likeness (QED) is 0.351. The Labute approximate surface area is 194 Å². The van der Waals surface area contributed by atoms with Crippen molar-refractivity contribution in [1.29, 1.82) is 0 Å². The van der Waals surface area contributed by atoms with Crippen molar-refractivity contribution < 1.29 is 49.3 Å². The zero-order valence-electron chi connectivity index (χ0n) is 18.1. The van der Waals surface area contributed by atoms with Gasteiger partial charge in [0.25, 0.3) is 0 Å². The highest BCUT2D eigenvalue weighted by Crippen LogP contribution is 2.31. The molecule has 10 nitrogen and oxygen atoms in total. The third-order valence-electron chi connectivity index (χ3n) is 6.14. The summed E-state index contributed by atoms with van der Waals surface area (Å²) in [6, 6.07) is 13.5. The Bertz CT molecular complexity index is 1040. The average Bonchev–Trinajstić information content (AvgIpc) is 3.13. The van der Waals surface area contributed by atoms with Crippen LogP contribution in [0.5, 0.6) is 11.5 Å². The van der Waals surface area contributed by atoms with Crippen LogP contribution in [0.25, 0.3) is 0 Å². The predicted molar refractivity (Wildman–Crippen MR) is 115 cm³/mol. The van der Waals surface area contributed by atoms with Gasteiger partial charge in [0, 0.05) is 5.92 Å². The lowest BCUT2D eigenvalue weighted by Crippen LogP contribution is -2.61. The molecule has 2 aliphatic heterocycles. The molecule has 0 amide bonds. The lowest BCUT2D eigenvalue weighted by atomic mass is 9.85. The largest absolute Gasteiger partial charge is 0.508 e. The molecular weight excluding hydrogens is 448 g/mol. The maximum absolute atomic E-state index is 12.3. The van der Waals surface area contributed by atoms with Gasteiger partial charge in [-0.2, -0.15) is 0 Å². The summed E-state index contributed by atoms with van der Waals surface area (Å²) in [5.41, 5.74) is 1.63. The molecule has 2 fully saturated rings. The van der Waals surface area contributed by atoms with Gasteiger partial charge in [-0.05, 0) is 48.2 Å². The van der Waals surface area contributed by atoms with Gasteiger partial charge in [-0.25, -0.2) is 4.79 Å². The van der Waals surface area contributed by atoms with Crippen molar-refractivity contribution in [2.24, 2.45) is 11.8 Å². The summed E-state index contributed by atoms with van der Waals surface area (Å²) >= 11 is 0. The molecular formula is C24H26O10. The monoisotopic (exact) mass is 474 g/mol. The molecule has 34 heavy (non-hydrogen) atoms. The van der Waals surface area contributed by atoms with Crippen LogP contribution in [0.2, 0.25) is 0 Å². The highest BCUT2D eigenvalue weighted by Gasteiger charge is 2.48. The number of hydrogen-bond donors (Lipinski definition) is 5. The maximum Gasteiger partial charge on any atom is 0.335 e. The van der Waals surface area contributed by atoms with Gasteiger partial charge < -0.3 is 39.7 Å². The second-order valence-corrected chi connectivity index (χ2v) is 8.58. The first kappa shape index (κ1) is 24.0. The molecule has 2 saturated heterocycles. The number of carboxylic acids is 1. The van der Waals surface area contributed by atoms with E-state index in [0.717, 1.165) is 11.1 Å². The molecule has 0 saturated carbocycles. The Balaban J connectivity index is 1.45. The van der Waals surface area contributed by atoms with Crippen molar-refractivity contribution in [3.8, 4) is 11.5 Å². The maximum atomic E-state index is 12.3. The molecule has 0 spiro atoms. The van der Waals surface area contributed by atoms with Crippen molar-refractivity contribution in [2.75, 3.05) is 6.61 Å². The number of phenolic OH excluding ortho intramolecular Hbond substituents is 1. The summed E-state index contributed by atoms with van der Waals surface area (Å²) < 4.78 is 16.0. The van der Waals surface area contributed by atoms with Crippen molar-refractivity contribution in [3.63, 3.8) is 0 Å². The summed E-state index contributed by atoms with van der Waals surface area (Å²) in [6.07, 6.45) is -7.59. The van der Waals surface area contributed by atoms with Crippen LogP contribution in [-0.4, -0.2) is 74.8 Å². The van der Waals surface area contributed by atoms with E-state index in [1.54, 1.807) is 36.4 Å². The predicted octanol–water partition coefficient (Wildman–Crippen LogP) is 0.238. The first-order chi connectivity index (χ1) is 16.2. The summed E-state index contributed by atoms with van der Waals surface area (Å²) in [5, 5.41) is 48.8. The number of carbonyl (C=O) groups excluding carboxylic acids is 1. The van der Waals surface area contributed by atoms with Crippen LogP contribution < -0.4 is 4.74 Å². The summed E-state index contributed by atoms with van der Waals surface area (Å²) in [6.45, 7) is 0.252. The zero-order valence-corrected chi connectivity index (χ0v) is 18.1. The van der Waals surface area contributed by atoms with E-state index >= 15 is 0 Å². The first-order valence-electron chi connectivity index (χ1n) is 10.9. The fraction of sp³-hybridized carbons (Fsp3) is 0.417. The number of aromatic hydroxyl groups is 1. The van der Waals surface area contributed by atoms with Gasteiger partial charge in [0.05, 0.1) is 12.5 Å². The minimum atomic E-state index is -1.80. The number of carbonyl (C=O) groups is 2. The molecule has 0 unspecified atom stereocenters. The number of aliphatic hydroxyl groups is 3. The number of benzene rings is 2. The van der Waals surface area contributed by atoms with E-state index in [-0.39, 0.29) is 35.9 Å². The number of aliphatic hydroxyl groups excluding tert-OH is 3. The molecule has 0 aromatic heterocycles. The van der Waals surface area contributed by atoms with E-state index in [1.165, 1.54) is 0 Å². The number of aliphatic carboxylic acids is 1. The summed E-state index contributed by atoms with van der Waals surface area (Å²) in [5.74, 6) is -1.92. The topological polar surface area (TPSA) is 163 Å². The molecule has 5 N–H and O–H groups in total. The molecule has 0 bridgehead atoms. The van der Waals surface area contributed by atoms with Gasteiger partial charge in [0.2, 0.25) is 6.29 Å². The number of carboxylic acid groups (broad SMARTS) is 1. The first-order valence-corrected chi connectivity index (χ1v) is 10.9. The molecule has 4 rings (SSSR count). The molecule has 2 aromatic rings. The molecule has 7 atom stereocenters. The van der Waals surface area contributed by atoms with Crippen LogP contribution in [0.1, 0.15) is 11.1 Å². The molecule has 0 radical (unpaired) electrons. The van der Waals surface area contributed by atoms with Crippen molar-refractivity contribution >= 4 is 11.9 Å². The van der Waals surface area contributed by atoms with Crippen molar-refractivity contribution in [3.05, 3.63) is 59.7 Å². The van der Waals surface area contributed by atoms with Crippen molar-refractivity contribution in [2.45, 2.75) is 43.5 Å². The van der Waals surface area contributed by atoms with Crippen LogP contribution in [0, 0.1) is 11.8 Å². The van der Waals surface area contributed by atoms with Gasteiger partial charge in [-0.3, -0.25) is 4.79 Å². The third-order valence-corrected chi connectivity index (χ3v) is 6.14. The Kier molecular flexibility index (Phi) is 7.03. The zero-order chi connectivity index (χ0) is 24.4. The van der Waals surface area contributed by atoms with Gasteiger partial charge in [-0.15, -0.1) is 0 Å². The molecule has 2 aliphatic rings. The lowest BCUT2D eigenvalue weighted by Gasteiger charge is -2.38. The Hall–Kier alpha value is -3.18. The fourth-order valence-electron chi connectivity index (χ4n) is 4.33. The highest BCUT2D eigenvalue weighted by atomic mass is 16.7. The van der Waals surface area contributed by atoms with E-state index in [0.29, 0.717) is 12.8 Å². The highest BCUT2D eigenvalue weighted by molar-refractivity contribution is 5.75. The van der Waals surface area contributed by atoms with Crippen LogP contribution in [-0.2, 0) is 31.9 Å². The second kappa shape index (κ2) is 9.98. The Morgan fingerprint density at radius 1 is 0.971 bits per heavy atom. The summed E-state index contributed by atoms with van der Waals surface area (Å²) in [7, 11) is 0. The average molecular weight is 474 g/mol. The van der Waals surface area contributed by atoms with Gasteiger partial charge >= 0.3 is 11.9 Å². The van der Waals surface area contributed by atoms with Crippen LogP contribution in [0.4, 0.5) is 0 Å². The normalized spacial score (nSPS) is 31.1. The smallest absolute Gasteiger partial charge is 0.335 e. The van der Waals surface area contributed by atoms with E-state index in [4.69, 9.17) is 14.2 Å². The number of esters is 1. The molecule has 182 valence electrons. The number of hydrogen-bond acceptors (Lipinski definition) is 9. The van der Waals surface area contributed by atoms with Gasteiger partial charge in [-0.1, -0.05) is 24.3 Å². The Morgan fingerprint density at radius 3 is 2.38 bits per heavy atom. The van der Waals surface area contributed by atoms with Gasteiger partial charge in [0.1, 0.15) is 29.8 Å². The standard InChI is InChI=1S/C24H26O10/c25-15-5-1-3-13(8-15)10-17-14(11-32-23(17)31)7-12-4-2-6-16(9-12)33-24-20(28)18(26)19(27)21(34-24)22(29)30/h1-6,8-9,14,17-21,24-28H,7,10-11H2,(H,29,30)/t14-,17+,18-,19-,20+,21-,24+/m0/s1. The minimum absolute atomic E-state index is 0.116. The SMILES string of the molecule is O=C(O)[C@H]1O[C@@H](Oc2cccc(C[C@H]3COC(=O)[C@@H]3Cc3cccc(O)c3)c2)[C@H](O)[C@@H](O)[C@@H]1O. The molecule has 2 aromatic carbocycles. The Morgan fingerprint density at radius 2 is 1.68 bits per heavy atom. The minimum Gasteiger partial charge on any atom is -0.508 e. The van der Waals surface area contributed by atoms with E-state index in [2.05, 4.69) is 0 Å². The lowest BCUT2D eigenvalue weighted by molar-refractivity contribution is -0.271. The van der Waals surface area contributed by atoms with Crippen molar-refractivity contribution in [1.82, 2.24) is 0 Å². The number of phenols is 1. The van der Waals surface area contributed by atoms with Gasteiger partial charge in [0.15, 0.2) is 6.10 Å². The van der Waals surface area contributed by atoms with E-state index < -0.39 is 36.7 Å². The third kappa shape index (κ3) is 5.15. The molecule has 0 aliphatic carbocycles. The molecule has 2 heterocycles. The number of cyclic esters (lactones) is 1. The van der Waals surface area contributed by atoms with E-state index in [9.17, 15) is 35.1 Å². The number of rotatable bonds is 7. The van der Waals surface area contributed by atoms with Crippen LogP contribution in [0.15, 0.2) is 48.5 Å². The van der Waals surface area contributed by atoms with Crippen LogP contribution in [0.3, 0.4) is 0 Å². The second-order valence-electron chi connectivity index (χ2n) is 8.58. The molecule has 10 heteroatoms. The summed E-state index contributed by atoms with van der Waals surface area (Å²) in [4.78, 5) is 23.6. The number of ether oxygens (including phenoxy) is 3. The van der Waals surface area contributed by atoms with Crippen LogP contribution >= 0.6 is 0 Å².